The van der Waals surface area contributed by atoms with Crippen molar-refractivity contribution in [1.82, 2.24) is 10.3 Å². The van der Waals surface area contributed by atoms with Crippen LogP contribution < -0.4 is 15.0 Å². The van der Waals surface area contributed by atoms with E-state index in [1.54, 1.807) is 18.5 Å². The van der Waals surface area contributed by atoms with E-state index in [-0.39, 0.29) is 12.0 Å². The van der Waals surface area contributed by atoms with Gasteiger partial charge < -0.3 is 15.0 Å². The predicted molar refractivity (Wildman–Crippen MR) is 99.6 cm³/mol. The SMILES string of the molecule is CC(CNC(=O)c1ccc(N2CCCC2)c(Cl)c1)Oc1cccnc1. The van der Waals surface area contributed by atoms with Crippen LogP contribution in [-0.4, -0.2) is 36.6 Å². The van der Waals surface area contributed by atoms with Crippen molar-refractivity contribution in [3.8, 4) is 5.75 Å². The molecule has 1 aliphatic heterocycles. The van der Waals surface area contributed by atoms with Crippen LogP contribution in [-0.2, 0) is 0 Å². The first-order chi connectivity index (χ1) is 12.1. The minimum Gasteiger partial charge on any atom is -0.487 e. The fourth-order valence-electron chi connectivity index (χ4n) is 2.89. The van der Waals surface area contributed by atoms with Crippen molar-refractivity contribution in [2.24, 2.45) is 0 Å². The zero-order valence-electron chi connectivity index (χ0n) is 14.2. The summed E-state index contributed by atoms with van der Waals surface area (Å²) in [4.78, 5) is 18.6. The summed E-state index contributed by atoms with van der Waals surface area (Å²) in [6.45, 7) is 4.35. The molecule has 1 aromatic heterocycles. The molecular formula is C19H22ClN3O2. The van der Waals surface area contributed by atoms with Crippen LogP contribution in [0.1, 0.15) is 30.1 Å². The molecule has 1 fully saturated rings. The summed E-state index contributed by atoms with van der Waals surface area (Å²) in [7, 11) is 0. The smallest absolute Gasteiger partial charge is 0.251 e. The Hall–Kier alpha value is -2.27. The van der Waals surface area contributed by atoms with Gasteiger partial charge in [-0.1, -0.05) is 11.6 Å². The van der Waals surface area contributed by atoms with E-state index in [1.165, 1.54) is 12.8 Å². The molecule has 1 saturated heterocycles. The molecule has 5 nitrogen and oxygen atoms in total. The first-order valence-electron chi connectivity index (χ1n) is 8.53. The number of carbonyl (C=O) groups is 1. The third-order valence-electron chi connectivity index (χ3n) is 4.18. The highest BCUT2D eigenvalue weighted by molar-refractivity contribution is 6.33. The van der Waals surface area contributed by atoms with Gasteiger partial charge in [-0.15, -0.1) is 0 Å². The largest absolute Gasteiger partial charge is 0.487 e. The number of halogens is 1. The molecule has 1 unspecified atom stereocenters. The van der Waals surface area contributed by atoms with Gasteiger partial charge in [-0.2, -0.15) is 0 Å². The summed E-state index contributed by atoms with van der Waals surface area (Å²) in [5.74, 6) is 0.527. The van der Waals surface area contributed by atoms with Crippen LogP contribution in [0.15, 0.2) is 42.7 Å². The lowest BCUT2D eigenvalue weighted by molar-refractivity contribution is 0.0932. The number of nitrogens with one attached hydrogen (secondary N) is 1. The molecule has 0 bridgehead atoms. The van der Waals surface area contributed by atoms with Crippen LogP contribution in [0.2, 0.25) is 5.02 Å². The molecule has 1 aliphatic rings. The summed E-state index contributed by atoms with van der Waals surface area (Å²) in [5, 5.41) is 3.50. The third-order valence-corrected chi connectivity index (χ3v) is 4.48. The molecule has 3 rings (SSSR count). The minimum absolute atomic E-state index is 0.156. The van der Waals surface area contributed by atoms with E-state index >= 15 is 0 Å². The quantitative estimate of drug-likeness (QED) is 0.857. The first kappa shape index (κ1) is 17.5. The van der Waals surface area contributed by atoms with Gasteiger partial charge in [0.1, 0.15) is 11.9 Å². The van der Waals surface area contributed by atoms with Gasteiger partial charge in [0.25, 0.3) is 5.91 Å². The number of amides is 1. The average Bonchev–Trinajstić information content (AvgIpc) is 3.15. The summed E-state index contributed by atoms with van der Waals surface area (Å²) in [6.07, 6.45) is 5.55. The maximum atomic E-state index is 12.3. The summed E-state index contributed by atoms with van der Waals surface area (Å²) < 4.78 is 5.70. The molecule has 132 valence electrons. The second-order valence-electron chi connectivity index (χ2n) is 6.19. The van der Waals surface area contributed by atoms with Gasteiger partial charge in [0.2, 0.25) is 0 Å². The highest BCUT2D eigenvalue weighted by Crippen LogP contribution is 2.29. The van der Waals surface area contributed by atoms with E-state index in [0.29, 0.717) is 22.9 Å². The van der Waals surface area contributed by atoms with Gasteiger partial charge in [-0.3, -0.25) is 9.78 Å². The van der Waals surface area contributed by atoms with E-state index in [0.717, 1.165) is 18.8 Å². The molecule has 0 radical (unpaired) electrons. The van der Waals surface area contributed by atoms with E-state index in [2.05, 4.69) is 15.2 Å². The average molecular weight is 360 g/mol. The third kappa shape index (κ3) is 4.63. The molecule has 1 aromatic carbocycles. The van der Waals surface area contributed by atoms with Crippen LogP contribution in [0.5, 0.6) is 5.75 Å². The van der Waals surface area contributed by atoms with Crippen LogP contribution in [0.4, 0.5) is 5.69 Å². The molecule has 0 spiro atoms. The molecule has 2 aromatic rings. The molecule has 1 atom stereocenters. The highest BCUT2D eigenvalue weighted by Gasteiger charge is 2.17. The van der Waals surface area contributed by atoms with E-state index in [4.69, 9.17) is 16.3 Å². The Bertz CT molecular complexity index is 718. The van der Waals surface area contributed by atoms with Crippen LogP contribution in [0.25, 0.3) is 0 Å². The fraction of sp³-hybridized carbons (Fsp3) is 0.368. The Kier molecular flexibility index (Phi) is 5.76. The number of carbonyl (C=O) groups excluding carboxylic acids is 1. The molecule has 25 heavy (non-hydrogen) atoms. The van der Waals surface area contributed by atoms with Gasteiger partial charge in [-0.25, -0.2) is 0 Å². The zero-order chi connectivity index (χ0) is 17.6. The second kappa shape index (κ2) is 8.21. The Morgan fingerprint density at radius 1 is 1.36 bits per heavy atom. The number of hydrogen-bond acceptors (Lipinski definition) is 4. The Morgan fingerprint density at radius 3 is 2.84 bits per heavy atom. The van der Waals surface area contributed by atoms with Crippen molar-refractivity contribution in [2.45, 2.75) is 25.9 Å². The van der Waals surface area contributed by atoms with Gasteiger partial charge >= 0.3 is 0 Å². The standard InChI is InChI=1S/C19H22ClN3O2/c1-14(25-16-5-4-8-21-13-16)12-22-19(24)15-6-7-18(17(20)11-15)23-9-2-3-10-23/h4-8,11,13-14H,2-3,9-10,12H2,1H3,(H,22,24). The van der Waals surface area contributed by atoms with Gasteiger partial charge in [0.05, 0.1) is 23.5 Å². The van der Waals surface area contributed by atoms with Crippen LogP contribution in [0.3, 0.4) is 0 Å². The zero-order valence-corrected chi connectivity index (χ0v) is 15.0. The fourth-order valence-corrected chi connectivity index (χ4v) is 3.19. The molecule has 0 saturated carbocycles. The maximum absolute atomic E-state index is 12.3. The lowest BCUT2D eigenvalue weighted by Crippen LogP contribution is -2.33. The van der Waals surface area contributed by atoms with E-state index < -0.39 is 0 Å². The number of aromatic nitrogens is 1. The Balaban J connectivity index is 1.55. The van der Waals surface area contributed by atoms with E-state index in [1.807, 2.05) is 31.2 Å². The van der Waals surface area contributed by atoms with Crippen LogP contribution in [0, 0.1) is 0 Å². The van der Waals surface area contributed by atoms with Crippen molar-refractivity contribution in [2.75, 3.05) is 24.5 Å². The second-order valence-corrected chi connectivity index (χ2v) is 6.59. The summed E-state index contributed by atoms with van der Waals surface area (Å²) in [6, 6.07) is 9.13. The summed E-state index contributed by atoms with van der Waals surface area (Å²) >= 11 is 6.37. The van der Waals surface area contributed by atoms with Crippen molar-refractivity contribution >= 4 is 23.2 Å². The number of anilines is 1. The normalized spacial score (nSPS) is 15.0. The number of pyridine rings is 1. The number of hydrogen-bond donors (Lipinski definition) is 1. The molecule has 2 heterocycles. The van der Waals surface area contributed by atoms with E-state index in [9.17, 15) is 4.79 Å². The predicted octanol–water partition coefficient (Wildman–Crippen LogP) is 3.53. The topological polar surface area (TPSA) is 54.5 Å². The minimum atomic E-state index is -0.160. The molecule has 0 aliphatic carbocycles. The highest BCUT2D eigenvalue weighted by atomic mass is 35.5. The number of ether oxygens (including phenoxy) is 1. The Morgan fingerprint density at radius 2 is 2.16 bits per heavy atom. The van der Waals surface area contributed by atoms with Gasteiger partial charge in [0.15, 0.2) is 0 Å². The van der Waals surface area contributed by atoms with Crippen LogP contribution >= 0.6 is 11.6 Å². The van der Waals surface area contributed by atoms with Crippen molar-refractivity contribution < 1.29 is 9.53 Å². The van der Waals surface area contributed by atoms with Gasteiger partial charge in [-0.05, 0) is 50.1 Å². The molecular weight excluding hydrogens is 338 g/mol. The number of benzene rings is 1. The first-order valence-corrected chi connectivity index (χ1v) is 8.90. The number of rotatable bonds is 6. The Labute approximate surface area is 153 Å². The van der Waals surface area contributed by atoms with Gasteiger partial charge in [0, 0.05) is 24.8 Å². The maximum Gasteiger partial charge on any atom is 0.251 e. The van der Waals surface area contributed by atoms with Crippen molar-refractivity contribution in [1.29, 1.82) is 0 Å². The number of nitrogens with zero attached hydrogens (tertiary/aromatic N) is 2. The lowest BCUT2D eigenvalue weighted by atomic mass is 10.1. The summed E-state index contributed by atoms with van der Waals surface area (Å²) in [5.41, 5.74) is 1.56. The monoisotopic (exact) mass is 359 g/mol. The molecule has 1 N–H and O–H groups in total. The molecule has 1 amide bonds. The van der Waals surface area contributed by atoms with Crippen molar-refractivity contribution in [3.05, 3.63) is 53.3 Å². The lowest BCUT2D eigenvalue weighted by Gasteiger charge is -2.19. The van der Waals surface area contributed by atoms with Crippen molar-refractivity contribution in [3.63, 3.8) is 0 Å². The molecule has 6 heteroatoms.